The predicted octanol–water partition coefficient (Wildman–Crippen LogP) is 7.56. The maximum absolute atomic E-state index is 6.78. The molecule has 0 aliphatic carbocycles. The molecule has 2 heterocycles. The molecular formula is C30H28NO+. The SMILES string of the molecule is Cc1c2c(c(C)c3c1ccc1ccccc13)Oc1cc(CC(C)C)cc3cc[n+](C)c-2c13. The van der Waals surface area contributed by atoms with Crippen LogP contribution in [0.5, 0.6) is 11.5 Å². The molecule has 5 aromatic rings. The van der Waals surface area contributed by atoms with Gasteiger partial charge in [0, 0.05) is 11.6 Å². The van der Waals surface area contributed by atoms with Crippen LogP contribution in [0.2, 0.25) is 0 Å². The molecule has 0 N–H and O–H groups in total. The fourth-order valence-corrected chi connectivity index (χ4v) is 5.61. The fraction of sp³-hybridized carbons (Fsp3) is 0.233. The van der Waals surface area contributed by atoms with Crippen molar-refractivity contribution in [1.29, 1.82) is 0 Å². The Morgan fingerprint density at radius 2 is 1.66 bits per heavy atom. The van der Waals surface area contributed by atoms with Gasteiger partial charge in [0.05, 0.1) is 10.9 Å². The van der Waals surface area contributed by atoms with Crippen molar-refractivity contribution in [3.05, 3.63) is 77.5 Å². The van der Waals surface area contributed by atoms with Gasteiger partial charge in [0.15, 0.2) is 6.20 Å². The minimum Gasteiger partial charge on any atom is -0.455 e. The Labute approximate surface area is 189 Å². The summed E-state index contributed by atoms with van der Waals surface area (Å²) in [5.74, 6) is 2.59. The highest BCUT2D eigenvalue weighted by Crippen LogP contribution is 2.51. The third kappa shape index (κ3) is 2.62. The monoisotopic (exact) mass is 418 g/mol. The van der Waals surface area contributed by atoms with Gasteiger partial charge >= 0.3 is 0 Å². The van der Waals surface area contributed by atoms with Crippen molar-refractivity contribution < 1.29 is 9.30 Å². The van der Waals surface area contributed by atoms with Crippen LogP contribution in [0.4, 0.5) is 0 Å². The number of benzene rings is 4. The van der Waals surface area contributed by atoms with Gasteiger partial charge in [0.1, 0.15) is 18.5 Å². The second-order valence-electron chi connectivity index (χ2n) is 9.70. The Kier molecular flexibility index (Phi) is 4.10. The lowest BCUT2D eigenvalue weighted by atomic mass is 9.87. The number of aryl methyl sites for hydroxylation is 3. The van der Waals surface area contributed by atoms with Crippen LogP contribution in [-0.4, -0.2) is 0 Å². The third-order valence-corrected chi connectivity index (χ3v) is 7.00. The van der Waals surface area contributed by atoms with E-state index in [1.165, 1.54) is 60.3 Å². The number of nitrogens with zero attached hydrogens (tertiary/aromatic N) is 1. The van der Waals surface area contributed by atoms with Crippen molar-refractivity contribution in [3.8, 4) is 22.8 Å². The van der Waals surface area contributed by atoms with E-state index in [-0.39, 0.29) is 0 Å². The van der Waals surface area contributed by atoms with Crippen molar-refractivity contribution in [2.45, 2.75) is 34.1 Å². The largest absolute Gasteiger partial charge is 0.455 e. The summed E-state index contributed by atoms with van der Waals surface area (Å²) in [7, 11) is 2.15. The minimum absolute atomic E-state index is 0.606. The molecule has 0 spiro atoms. The van der Waals surface area contributed by atoms with Gasteiger partial charge in [-0.25, -0.2) is 4.57 Å². The van der Waals surface area contributed by atoms with E-state index in [2.05, 4.69) is 100 Å². The Hall–Kier alpha value is -3.39. The first kappa shape index (κ1) is 19.3. The second kappa shape index (κ2) is 6.80. The molecule has 0 saturated carbocycles. The van der Waals surface area contributed by atoms with Gasteiger partial charge in [-0.05, 0) is 70.3 Å². The van der Waals surface area contributed by atoms with Crippen molar-refractivity contribution in [3.63, 3.8) is 0 Å². The van der Waals surface area contributed by atoms with Gasteiger partial charge in [-0.1, -0.05) is 56.3 Å². The molecule has 2 heteroatoms. The summed E-state index contributed by atoms with van der Waals surface area (Å²) in [5, 5.41) is 7.64. The molecule has 6 rings (SSSR count). The van der Waals surface area contributed by atoms with Crippen LogP contribution in [-0.2, 0) is 13.5 Å². The smallest absolute Gasteiger partial charge is 0.228 e. The van der Waals surface area contributed by atoms with Crippen LogP contribution >= 0.6 is 0 Å². The molecule has 0 radical (unpaired) electrons. The number of fused-ring (bicyclic) bond motifs is 5. The van der Waals surface area contributed by atoms with E-state index in [4.69, 9.17) is 4.74 Å². The lowest BCUT2D eigenvalue weighted by molar-refractivity contribution is -0.659. The molecule has 1 aliphatic rings. The summed E-state index contributed by atoms with van der Waals surface area (Å²) < 4.78 is 9.04. The number of hydrogen-bond acceptors (Lipinski definition) is 1. The molecule has 1 aliphatic heterocycles. The topological polar surface area (TPSA) is 13.1 Å². The Morgan fingerprint density at radius 1 is 0.844 bits per heavy atom. The Bertz CT molecular complexity index is 1580. The summed E-state index contributed by atoms with van der Waals surface area (Å²) in [6.07, 6.45) is 3.24. The summed E-state index contributed by atoms with van der Waals surface area (Å²) >= 11 is 0. The third-order valence-electron chi connectivity index (χ3n) is 7.00. The van der Waals surface area contributed by atoms with Crippen LogP contribution in [0.25, 0.3) is 43.6 Å². The molecule has 0 atom stereocenters. The zero-order valence-electron chi connectivity index (χ0n) is 19.4. The van der Waals surface area contributed by atoms with E-state index in [1.54, 1.807) is 0 Å². The van der Waals surface area contributed by atoms with Crippen molar-refractivity contribution >= 4 is 32.3 Å². The molecule has 0 unspecified atom stereocenters. The molecule has 0 fully saturated rings. The molecule has 1 aromatic heterocycles. The number of aromatic nitrogens is 1. The highest BCUT2D eigenvalue weighted by Gasteiger charge is 2.32. The molecule has 32 heavy (non-hydrogen) atoms. The highest BCUT2D eigenvalue weighted by molar-refractivity contribution is 6.14. The van der Waals surface area contributed by atoms with E-state index in [9.17, 15) is 0 Å². The molecule has 4 aromatic carbocycles. The summed E-state index contributed by atoms with van der Waals surface area (Å²) in [6.45, 7) is 9.01. The maximum atomic E-state index is 6.78. The molecule has 0 bridgehead atoms. The van der Waals surface area contributed by atoms with Crippen LogP contribution in [0.3, 0.4) is 0 Å². The van der Waals surface area contributed by atoms with E-state index < -0.39 is 0 Å². The molecule has 2 nitrogen and oxygen atoms in total. The number of pyridine rings is 1. The van der Waals surface area contributed by atoms with Gasteiger partial charge in [-0.2, -0.15) is 0 Å². The van der Waals surface area contributed by atoms with Gasteiger partial charge in [-0.3, -0.25) is 0 Å². The van der Waals surface area contributed by atoms with Crippen LogP contribution in [0.1, 0.15) is 30.5 Å². The summed E-state index contributed by atoms with van der Waals surface area (Å²) in [6, 6.07) is 20.0. The standard InChI is InChI=1S/C30H28NO/c1-17(2)14-20-15-22-12-13-31(5)29-27-18(3)23-11-10-21-8-6-7-9-24(21)26(23)19(4)30(27)32-25(16-20)28(22)29/h6-13,15-17H,14H2,1-5H3/q+1. The maximum Gasteiger partial charge on any atom is 0.228 e. The Balaban J connectivity index is 1.76. The first-order valence-corrected chi connectivity index (χ1v) is 11.5. The average molecular weight is 419 g/mol. The van der Waals surface area contributed by atoms with Gasteiger partial charge in [-0.15, -0.1) is 0 Å². The first-order chi connectivity index (χ1) is 15.4. The van der Waals surface area contributed by atoms with Crippen LogP contribution in [0.15, 0.2) is 60.8 Å². The minimum atomic E-state index is 0.606. The van der Waals surface area contributed by atoms with Crippen molar-refractivity contribution in [2.24, 2.45) is 13.0 Å². The highest BCUT2D eigenvalue weighted by atomic mass is 16.5. The van der Waals surface area contributed by atoms with E-state index in [1.807, 2.05) is 0 Å². The zero-order valence-corrected chi connectivity index (χ0v) is 19.4. The Morgan fingerprint density at radius 3 is 2.47 bits per heavy atom. The molecular weight excluding hydrogens is 390 g/mol. The van der Waals surface area contributed by atoms with Crippen LogP contribution in [0, 0.1) is 19.8 Å². The second-order valence-corrected chi connectivity index (χ2v) is 9.70. The van der Waals surface area contributed by atoms with E-state index >= 15 is 0 Å². The van der Waals surface area contributed by atoms with Crippen molar-refractivity contribution in [2.75, 3.05) is 0 Å². The zero-order chi connectivity index (χ0) is 22.1. The number of ether oxygens (including phenoxy) is 1. The average Bonchev–Trinajstić information content (AvgIpc) is 2.78. The molecule has 0 amide bonds. The first-order valence-electron chi connectivity index (χ1n) is 11.5. The molecule has 158 valence electrons. The van der Waals surface area contributed by atoms with E-state index in [0.717, 1.165) is 17.9 Å². The lowest BCUT2D eigenvalue weighted by Gasteiger charge is -2.25. The van der Waals surface area contributed by atoms with Gasteiger partial charge < -0.3 is 4.74 Å². The van der Waals surface area contributed by atoms with Gasteiger partial charge in [0.2, 0.25) is 5.69 Å². The predicted molar refractivity (Wildman–Crippen MR) is 134 cm³/mol. The summed E-state index contributed by atoms with van der Waals surface area (Å²) in [5.41, 5.74) is 6.32. The van der Waals surface area contributed by atoms with Gasteiger partial charge in [0.25, 0.3) is 0 Å². The van der Waals surface area contributed by atoms with Crippen molar-refractivity contribution in [1.82, 2.24) is 0 Å². The quantitative estimate of drug-likeness (QED) is 0.209. The summed E-state index contributed by atoms with van der Waals surface area (Å²) in [4.78, 5) is 0. The lowest BCUT2D eigenvalue weighted by Crippen LogP contribution is -2.32. The van der Waals surface area contributed by atoms with Crippen LogP contribution < -0.4 is 9.30 Å². The fourth-order valence-electron chi connectivity index (χ4n) is 5.61. The molecule has 0 saturated heterocycles. The normalized spacial score (nSPS) is 12.6. The number of rotatable bonds is 2. The number of hydrogen-bond donors (Lipinski definition) is 0. The van der Waals surface area contributed by atoms with E-state index in [0.29, 0.717) is 5.92 Å².